The lowest BCUT2D eigenvalue weighted by atomic mass is 10.3. The molecule has 1 N–H and O–H groups in total. The summed E-state index contributed by atoms with van der Waals surface area (Å²) in [6.07, 6.45) is 0. The molecule has 2 heterocycles. The van der Waals surface area contributed by atoms with E-state index in [4.69, 9.17) is 4.74 Å². The Labute approximate surface area is 111 Å². The third-order valence-corrected chi connectivity index (χ3v) is 4.62. The minimum absolute atomic E-state index is 0.855. The average molecular weight is 318 g/mol. The molecule has 0 saturated heterocycles. The van der Waals surface area contributed by atoms with Crippen molar-refractivity contribution in [2.24, 2.45) is 0 Å². The van der Waals surface area contributed by atoms with Crippen LogP contribution in [0.25, 0.3) is 0 Å². The molecule has 0 amide bonds. The van der Waals surface area contributed by atoms with Crippen molar-refractivity contribution in [3.05, 3.63) is 37.1 Å². The Hall–Kier alpha value is -0.360. The molecule has 0 fully saturated rings. The third-order valence-electron chi connectivity index (χ3n) is 2.16. The van der Waals surface area contributed by atoms with Crippen molar-refractivity contribution in [2.45, 2.75) is 13.1 Å². The van der Waals surface area contributed by atoms with E-state index in [0.717, 1.165) is 18.8 Å². The number of hydrogen-bond donors (Lipinski definition) is 1. The highest BCUT2D eigenvalue weighted by molar-refractivity contribution is 9.11. The second-order valence-electron chi connectivity index (χ2n) is 3.27. The fourth-order valence-corrected chi connectivity index (χ4v) is 3.42. The van der Waals surface area contributed by atoms with Gasteiger partial charge >= 0.3 is 0 Å². The van der Waals surface area contributed by atoms with Crippen LogP contribution in [0.1, 0.15) is 10.4 Å². The Morgan fingerprint density at radius 2 is 2.25 bits per heavy atom. The summed E-state index contributed by atoms with van der Waals surface area (Å²) in [4.78, 5) is 1.25. The van der Waals surface area contributed by atoms with Gasteiger partial charge in [0.15, 0.2) is 0 Å². The number of nitrogens with one attached hydrogen (secondary N) is 1. The number of hydrogen-bond acceptors (Lipinski definition) is 4. The van der Waals surface area contributed by atoms with E-state index in [1.807, 2.05) is 6.07 Å². The van der Waals surface area contributed by atoms with Crippen LogP contribution in [0.5, 0.6) is 5.75 Å². The first kappa shape index (κ1) is 12.1. The Morgan fingerprint density at radius 1 is 1.38 bits per heavy atom. The molecule has 0 unspecified atom stereocenters. The number of methoxy groups -OCH3 is 1. The molecule has 5 heteroatoms. The van der Waals surface area contributed by atoms with Crippen molar-refractivity contribution in [3.63, 3.8) is 0 Å². The maximum Gasteiger partial charge on any atom is 0.134 e. The highest BCUT2D eigenvalue weighted by atomic mass is 79.9. The first-order valence-electron chi connectivity index (χ1n) is 4.83. The van der Waals surface area contributed by atoms with Gasteiger partial charge in [-0.15, -0.1) is 22.7 Å². The van der Waals surface area contributed by atoms with Gasteiger partial charge in [0, 0.05) is 13.1 Å². The van der Waals surface area contributed by atoms with Crippen LogP contribution in [-0.2, 0) is 13.1 Å². The van der Waals surface area contributed by atoms with Crippen molar-refractivity contribution < 1.29 is 4.74 Å². The lowest BCUT2D eigenvalue weighted by Crippen LogP contribution is -2.11. The van der Waals surface area contributed by atoms with E-state index in [2.05, 4.69) is 38.1 Å². The lowest BCUT2D eigenvalue weighted by Gasteiger charge is -2.03. The molecule has 0 aliphatic carbocycles. The van der Waals surface area contributed by atoms with Crippen molar-refractivity contribution in [1.29, 1.82) is 0 Å². The number of rotatable bonds is 5. The van der Waals surface area contributed by atoms with Crippen LogP contribution in [0, 0.1) is 0 Å². The van der Waals surface area contributed by atoms with E-state index < -0.39 is 0 Å². The van der Waals surface area contributed by atoms with Gasteiger partial charge < -0.3 is 10.1 Å². The van der Waals surface area contributed by atoms with Crippen molar-refractivity contribution >= 4 is 38.6 Å². The second kappa shape index (κ2) is 5.82. The largest absolute Gasteiger partial charge is 0.496 e. The van der Waals surface area contributed by atoms with Crippen molar-refractivity contribution in [3.8, 4) is 5.75 Å². The monoisotopic (exact) mass is 317 g/mol. The standard InChI is InChI=1S/C11H12BrNOS2/c1-14-9-2-3-15-10(9)6-13-5-8-4-11(12)16-7-8/h2-4,7,13H,5-6H2,1H3. The quantitative estimate of drug-likeness (QED) is 0.903. The molecule has 0 radical (unpaired) electrons. The van der Waals surface area contributed by atoms with Crippen LogP contribution >= 0.6 is 38.6 Å². The van der Waals surface area contributed by atoms with Gasteiger partial charge in [0.05, 0.1) is 15.8 Å². The van der Waals surface area contributed by atoms with Crippen molar-refractivity contribution in [1.82, 2.24) is 5.32 Å². The Bertz CT molecular complexity index is 452. The van der Waals surface area contributed by atoms with Gasteiger partial charge in [-0.1, -0.05) is 0 Å². The average Bonchev–Trinajstić information content (AvgIpc) is 2.87. The van der Waals surface area contributed by atoms with Crippen molar-refractivity contribution in [2.75, 3.05) is 7.11 Å². The van der Waals surface area contributed by atoms with E-state index in [1.54, 1.807) is 29.8 Å². The van der Waals surface area contributed by atoms with E-state index in [-0.39, 0.29) is 0 Å². The van der Waals surface area contributed by atoms with Gasteiger partial charge in [0.1, 0.15) is 5.75 Å². The van der Waals surface area contributed by atoms with Crippen LogP contribution in [0.2, 0.25) is 0 Å². The molecule has 2 rings (SSSR count). The summed E-state index contributed by atoms with van der Waals surface area (Å²) in [5.74, 6) is 0.976. The summed E-state index contributed by atoms with van der Waals surface area (Å²) >= 11 is 6.89. The molecule has 0 bridgehead atoms. The highest BCUT2D eigenvalue weighted by Crippen LogP contribution is 2.24. The van der Waals surface area contributed by atoms with Crippen LogP contribution in [0.3, 0.4) is 0 Å². The Morgan fingerprint density at radius 3 is 2.94 bits per heavy atom. The molecule has 0 aromatic carbocycles. The summed E-state index contributed by atoms with van der Waals surface area (Å²) in [7, 11) is 1.71. The molecule has 0 atom stereocenters. The number of halogens is 1. The van der Waals surface area contributed by atoms with E-state index in [0.29, 0.717) is 0 Å². The van der Waals surface area contributed by atoms with Gasteiger partial charge in [0.25, 0.3) is 0 Å². The van der Waals surface area contributed by atoms with Crippen LogP contribution in [0.4, 0.5) is 0 Å². The van der Waals surface area contributed by atoms with Gasteiger partial charge in [-0.25, -0.2) is 0 Å². The predicted octanol–water partition coefficient (Wildman–Crippen LogP) is 3.87. The molecule has 2 nitrogen and oxygen atoms in total. The van der Waals surface area contributed by atoms with Crippen LogP contribution in [0.15, 0.2) is 26.7 Å². The summed E-state index contributed by atoms with van der Waals surface area (Å²) in [5.41, 5.74) is 1.31. The normalized spacial score (nSPS) is 10.6. The molecular formula is C11H12BrNOS2. The smallest absolute Gasteiger partial charge is 0.134 e. The summed E-state index contributed by atoms with van der Waals surface area (Å²) in [6.45, 7) is 1.75. The zero-order valence-electron chi connectivity index (χ0n) is 8.83. The van der Waals surface area contributed by atoms with Crippen LogP contribution in [-0.4, -0.2) is 7.11 Å². The van der Waals surface area contributed by atoms with Crippen LogP contribution < -0.4 is 10.1 Å². The first-order chi connectivity index (χ1) is 7.79. The maximum absolute atomic E-state index is 5.26. The molecule has 86 valence electrons. The minimum atomic E-state index is 0.855. The van der Waals surface area contributed by atoms with E-state index in [1.165, 1.54) is 14.2 Å². The number of thiophene rings is 2. The molecular weight excluding hydrogens is 306 g/mol. The first-order valence-corrected chi connectivity index (χ1v) is 7.39. The highest BCUT2D eigenvalue weighted by Gasteiger charge is 2.03. The minimum Gasteiger partial charge on any atom is -0.496 e. The van der Waals surface area contributed by atoms with E-state index in [9.17, 15) is 0 Å². The second-order valence-corrected chi connectivity index (χ2v) is 6.57. The Kier molecular flexibility index (Phi) is 4.40. The van der Waals surface area contributed by atoms with E-state index >= 15 is 0 Å². The molecule has 2 aromatic heterocycles. The summed E-state index contributed by atoms with van der Waals surface area (Å²) in [6, 6.07) is 4.15. The summed E-state index contributed by atoms with van der Waals surface area (Å²) in [5, 5.41) is 7.62. The topological polar surface area (TPSA) is 21.3 Å². The van der Waals surface area contributed by atoms with Gasteiger partial charge in [-0.2, -0.15) is 0 Å². The molecule has 0 aliphatic heterocycles. The molecule has 0 aliphatic rings. The van der Waals surface area contributed by atoms with Gasteiger partial charge in [0.2, 0.25) is 0 Å². The summed E-state index contributed by atoms with van der Waals surface area (Å²) < 4.78 is 6.44. The van der Waals surface area contributed by atoms with Gasteiger partial charge in [-0.3, -0.25) is 0 Å². The van der Waals surface area contributed by atoms with Gasteiger partial charge in [-0.05, 0) is 44.4 Å². The fourth-order valence-electron chi connectivity index (χ4n) is 1.40. The SMILES string of the molecule is COc1ccsc1CNCc1csc(Br)c1. The Balaban J connectivity index is 1.84. The zero-order valence-corrected chi connectivity index (χ0v) is 12.0. The maximum atomic E-state index is 5.26. The third kappa shape index (κ3) is 3.07. The molecule has 16 heavy (non-hydrogen) atoms. The lowest BCUT2D eigenvalue weighted by molar-refractivity contribution is 0.410. The molecule has 0 saturated carbocycles. The molecule has 2 aromatic rings. The zero-order chi connectivity index (χ0) is 11.4. The molecule has 0 spiro atoms. The predicted molar refractivity (Wildman–Crippen MR) is 73.4 cm³/mol. The number of ether oxygens (including phenoxy) is 1. The fraction of sp³-hybridized carbons (Fsp3) is 0.273.